The van der Waals surface area contributed by atoms with Gasteiger partial charge in [0.15, 0.2) is 0 Å². The Labute approximate surface area is 127 Å². The molecule has 5 heteroatoms. The van der Waals surface area contributed by atoms with Crippen LogP contribution in [0.25, 0.3) is 0 Å². The van der Waals surface area contributed by atoms with Gasteiger partial charge in [-0.2, -0.15) is 0 Å². The van der Waals surface area contributed by atoms with Crippen LogP contribution in [0.1, 0.15) is 46.0 Å². The molecule has 0 spiro atoms. The maximum Gasteiger partial charge on any atom is 0.234 e. The Morgan fingerprint density at radius 2 is 1.62 bits per heavy atom. The molecule has 5 nitrogen and oxygen atoms in total. The maximum atomic E-state index is 12.1. The van der Waals surface area contributed by atoms with Gasteiger partial charge in [0.05, 0.1) is 13.1 Å². The highest BCUT2D eigenvalue weighted by Crippen LogP contribution is 2.29. The van der Waals surface area contributed by atoms with Crippen LogP contribution in [-0.4, -0.2) is 48.9 Å². The molecule has 0 aliphatic heterocycles. The van der Waals surface area contributed by atoms with E-state index in [9.17, 15) is 9.59 Å². The van der Waals surface area contributed by atoms with E-state index >= 15 is 0 Å². The first-order valence-electron chi connectivity index (χ1n) is 8.23. The molecule has 2 amide bonds. The maximum absolute atomic E-state index is 12.1. The zero-order valence-corrected chi connectivity index (χ0v) is 13.5. The molecule has 21 heavy (non-hydrogen) atoms. The largest absolute Gasteiger partial charge is 0.352 e. The molecule has 2 saturated carbocycles. The molecule has 120 valence electrons. The van der Waals surface area contributed by atoms with Crippen molar-refractivity contribution in [3.05, 3.63) is 0 Å². The van der Waals surface area contributed by atoms with Gasteiger partial charge in [0.1, 0.15) is 0 Å². The van der Waals surface area contributed by atoms with E-state index < -0.39 is 0 Å². The van der Waals surface area contributed by atoms with Crippen molar-refractivity contribution in [3.8, 4) is 0 Å². The van der Waals surface area contributed by atoms with Crippen LogP contribution in [0, 0.1) is 11.8 Å². The molecule has 2 N–H and O–H groups in total. The third-order valence-corrected chi connectivity index (χ3v) is 4.82. The van der Waals surface area contributed by atoms with Crippen molar-refractivity contribution >= 4 is 11.8 Å². The van der Waals surface area contributed by atoms with Gasteiger partial charge in [-0.05, 0) is 38.1 Å². The molecule has 2 aliphatic carbocycles. The predicted octanol–water partition coefficient (Wildman–Crippen LogP) is 1.14. The van der Waals surface area contributed by atoms with E-state index in [2.05, 4.69) is 24.5 Å². The molecule has 2 aliphatic rings. The monoisotopic (exact) mass is 295 g/mol. The fourth-order valence-corrected chi connectivity index (χ4v) is 3.09. The number of carbonyl (C=O) groups is 2. The molecular weight excluding hydrogens is 266 g/mol. The van der Waals surface area contributed by atoms with E-state index in [1.54, 1.807) is 4.90 Å². The van der Waals surface area contributed by atoms with Gasteiger partial charge in [-0.1, -0.05) is 26.7 Å². The number of likely N-dealkylation sites (N-methyl/N-ethyl adjacent to an activating group) is 1. The van der Waals surface area contributed by atoms with Gasteiger partial charge >= 0.3 is 0 Å². The molecule has 0 aromatic carbocycles. The van der Waals surface area contributed by atoms with E-state index in [1.165, 1.54) is 12.8 Å². The lowest BCUT2D eigenvalue weighted by atomic mass is 9.78. The van der Waals surface area contributed by atoms with Crippen molar-refractivity contribution < 1.29 is 9.59 Å². The number of carbonyl (C=O) groups excluding carboxylic acids is 2. The van der Waals surface area contributed by atoms with Crippen molar-refractivity contribution in [3.63, 3.8) is 0 Å². The van der Waals surface area contributed by atoms with Crippen LogP contribution < -0.4 is 10.6 Å². The van der Waals surface area contributed by atoms with E-state index in [-0.39, 0.29) is 24.4 Å². The average Bonchev–Trinajstić information content (AvgIpc) is 3.18. The van der Waals surface area contributed by atoms with Crippen molar-refractivity contribution in [2.24, 2.45) is 11.8 Å². The second-order valence-corrected chi connectivity index (χ2v) is 6.96. The van der Waals surface area contributed by atoms with Crippen LogP contribution in [0.5, 0.6) is 0 Å². The molecular formula is C16H29N3O2. The zero-order chi connectivity index (χ0) is 15.4. The van der Waals surface area contributed by atoms with E-state index in [0.717, 1.165) is 19.3 Å². The Bertz CT molecular complexity index is 382. The molecule has 2 rings (SSSR count). The summed E-state index contributed by atoms with van der Waals surface area (Å²) < 4.78 is 0. The predicted molar refractivity (Wildman–Crippen MR) is 82.8 cm³/mol. The van der Waals surface area contributed by atoms with E-state index in [4.69, 9.17) is 0 Å². The number of nitrogens with one attached hydrogen (secondary N) is 2. The minimum Gasteiger partial charge on any atom is -0.352 e. The Morgan fingerprint density at radius 1 is 1.00 bits per heavy atom. The van der Waals surface area contributed by atoms with Gasteiger partial charge < -0.3 is 10.6 Å². The minimum absolute atomic E-state index is 0.0208. The first kappa shape index (κ1) is 16.3. The van der Waals surface area contributed by atoms with Gasteiger partial charge in [-0.25, -0.2) is 0 Å². The van der Waals surface area contributed by atoms with Gasteiger partial charge in [-0.3, -0.25) is 14.5 Å². The summed E-state index contributed by atoms with van der Waals surface area (Å²) in [4.78, 5) is 25.6. The Kier molecular flexibility index (Phi) is 5.62. The number of hydrogen-bond acceptors (Lipinski definition) is 3. The molecule has 3 atom stereocenters. The van der Waals surface area contributed by atoms with Crippen LogP contribution in [0.2, 0.25) is 0 Å². The first-order valence-corrected chi connectivity index (χ1v) is 8.23. The summed E-state index contributed by atoms with van der Waals surface area (Å²) in [6.07, 6.45) is 5.70. The summed E-state index contributed by atoms with van der Waals surface area (Å²) in [7, 11) is 1.82. The van der Waals surface area contributed by atoms with Gasteiger partial charge in [0, 0.05) is 12.1 Å². The van der Waals surface area contributed by atoms with Crippen LogP contribution in [0.3, 0.4) is 0 Å². The SMILES string of the molecule is C[C@H]1[C@@H](NC(=O)CN(C)CC(=O)NC2CC2)CCC[C@@H]1C. The van der Waals surface area contributed by atoms with Crippen molar-refractivity contribution in [1.82, 2.24) is 15.5 Å². The summed E-state index contributed by atoms with van der Waals surface area (Å²) in [5.74, 6) is 1.26. The molecule has 0 bridgehead atoms. The normalized spacial score (nSPS) is 29.2. The number of amides is 2. The topological polar surface area (TPSA) is 61.4 Å². The van der Waals surface area contributed by atoms with Gasteiger partial charge in [0.2, 0.25) is 11.8 Å². The Morgan fingerprint density at radius 3 is 2.24 bits per heavy atom. The van der Waals surface area contributed by atoms with Crippen molar-refractivity contribution in [2.45, 2.75) is 58.0 Å². The second-order valence-electron chi connectivity index (χ2n) is 6.96. The minimum atomic E-state index is 0.0208. The van der Waals surface area contributed by atoms with E-state index in [1.807, 2.05) is 7.05 Å². The average molecular weight is 295 g/mol. The quantitative estimate of drug-likeness (QED) is 0.772. The van der Waals surface area contributed by atoms with Crippen molar-refractivity contribution in [2.75, 3.05) is 20.1 Å². The smallest absolute Gasteiger partial charge is 0.234 e. The Balaban J connectivity index is 1.68. The summed E-state index contributed by atoms with van der Waals surface area (Å²) in [6.45, 7) is 5.06. The molecule has 0 aromatic heterocycles. The summed E-state index contributed by atoms with van der Waals surface area (Å²) in [5, 5.41) is 6.08. The number of nitrogens with zero attached hydrogens (tertiary/aromatic N) is 1. The second kappa shape index (κ2) is 7.25. The summed E-state index contributed by atoms with van der Waals surface area (Å²) >= 11 is 0. The van der Waals surface area contributed by atoms with Crippen LogP contribution in [0.15, 0.2) is 0 Å². The lowest BCUT2D eigenvalue weighted by Gasteiger charge is -2.34. The third kappa shape index (κ3) is 5.30. The van der Waals surface area contributed by atoms with Gasteiger partial charge in [-0.15, -0.1) is 0 Å². The zero-order valence-electron chi connectivity index (χ0n) is 13.5. The van der Waals surface area contributed by atoms with Crippen LogP contribution in [0.4, 0.5) is 0 Å². The van der Waals surface area contributed by atoms with Crippen LogP contribution in [-0.2, 0) is 9.59 Å². The lowest BCUT2D eigenvalue weighted by molar-refractivity contribution is -0.125. The third-order valence-electron chi connectivity index (χ3n) is 4.82. The summed E-state index contributed by atoms with van der Waals surface area (Å²) in [5.41, 5.74) is 0. The molecule has 0 heterocycles. The first-order chi connectivity index (χ1) is 9.95. The summed E-state index contributed by atoms with van der Waals surface area (Å²) in [6, 6.07) is 0.666. The molecule has 0 aromatic rings. The highest BCUT2D eigenvalue weighted by molar-refractivity contribution is 5.81. The van der Waals surface area contributed by atoms with Gasteiger partial charge in [0.25, 0.3) is 0 Å². The fraction of sp³-hybridized carbons (Fsp3) is 0.875. The highest BCUT2D eigenvalue weighted by Gasteiger charge is 2.28. The molecule has 0 unspecified atom stereocenters. The molecule has 0 saturated heterocycles. The number of rotatable bonds is 6. The van der Waals surface area contributed by atoms with Crippen LogP contribution >= 0.6 is 0 Å². The lowest BCUT2D eigenvalue weighted by Crippen LogP contribution is -2.48. The number of hydrogen-bond donors (Lipinski definition) is 2. The standard InChI is InChI=1S/C16H29N3O2/c1-11-5-4-6-14(12(11)2)18-16(21)10-19(3)9-15(20)17-13-7-8-13/h11-14H,4-10H2,1-3H3,(H,17,20)(H,18,21)/t11-,12+,14-/m0/s1. The highest BCUT2D eigenvalue weighted by atomic mass is 16.2. The van der Waals surface area contributed by atoms with Crippen molar-refractivity contribution in [1.29, 1.82) is 0 Å². The molecule has 0 radical (unpaired) electrons. The Hall–Kier alpha value is -1.10. The fourth-order valence-electron chi connectivity index (χ4n) is 3.09. The molecule has 2 fully saturated rings. The van der Waals surface area contributed by atoms with E-state index in [0.29, 0.717) is 24.4 Å².